The maximum atomic E-state index is 14.3. The summed E-state index contributed by atoms with van der Waals surface area (Å²) < 4.78 is 38.6. The van der Waals surface area contributed by atoms with Gasteiger partial charge in [0.1, 0.15) is 47.4 Å². The van der Waals surface area contributed by atoms with Gasteiger partial charge < -0.3 is 29.0 Å². The number of methoxy groups -OCH3 is 1. The molecule has 1 unspecified atom stereocenters. The van der Waals surface area contributed by atoms with Gasteiger partial charge in [0.05, 0.1) is 23.2 Å². The normalized spacial score (nSPS) is 15.2. The van der Waals surface area contributed by atoms with Crippen LogP contribution in [-0.2, 0) is 22.6 Å². The molecule has 1 N–H and O–H groups in total. The van der Waals surface area contributed by atoms with Crippen molar-refractivity contribution in [1.29, 1.82) is 0 Å². The summed E-state index contributed by atoms with van der Waals surface area (Å²) in [6, 6.07) is 22.6. The fourth-order valence-corrected chi connectivity index (χ4v) is 8.48. The summed E-state index contributed by atoms with van der Waals surface area (Å²) in [5.41, 5.74) is 2.37. The summed E-state index contributed by atoms with van der Waals surface area (Å²) >= 11 is 7.95. The molecule has 1 saturated heterocycles. The van der Waals surface area contributed by atoms with Gasteiger partial charge in [0.25, 0.3) is 0 Å². The number of hydrogen-bond donors (Lipinski definition) is 1. The highest BCUT2D eigenvalue weighted by atomic mass is 35.5. The number of carboxylic acid groups (broad SMARTS) is 1. The van der Waals surface area contributed by atoms with Crippen molar-refractivity contribution >= 4 is 44.7 Å². The first-order chi connectivity index (χ1) is 30.9. The summed E-state index contributed by atoms with van der Waals surface area (Å²) in [5, 5.41) is 11.9. The molecule has 1 aliphatic heterocycles. The molecule has 12 nitrogen and oxygen atoms in total. The van der Waals surface area contributed by atoms with Crippen LogP contribution in [0.25, 0.3) is 37.6 Å². The van der Waals surface area contributed by atoms with Crippen molar-refractivity contribution in [2.24, 2.45) is 0 Å². The number of thiophene rings is 1. The third-order valence-electron chi connectivity index (χ3n) is 10.9. The van der Waals surface area contributed by atoms with E-state index in [2.05, 4.69) is 31.8 Å². The summed E-state index contributed by atoms with van der Waals surface area (Å²) in [7, 11) is 3.73. The smallest absolute Gasteiger partial charge is 0.348 e. The quantitative estimate of drug-likeness (QED) is 0.0651. The second kappa shape index (κ2) is 21.0. The van der Waals surface area contributed by atoms with Gasteiger partial charge in [-0.1, -0.05) is 54.1 Å². The molecule has 0 bridgehead atoms. The topological polar surface area (TPSA) is 132 Å². The number of allylic oxidation sites excluding steroid dienone is 5. The van der Waals surface area contributed by atoms with Crippen LogP contribution in [0.1, 0.15) is 37.6 Å². The van der Waals surface area contributed by atoms with Crippen LogP contribution in [0.2, 0.25) is 0 Å². The number of carbonyl (C=O) groups is 1. The van der Waals surface area contributed by atoms with Gasteiger partial charge in [-0.25, -0.2) is 29.1 Å². The Morgan fingerprint density at radius 1 is 0.969 bits per heavy atom. The van der Waals surface area contributed by atoms with Crippen molar-refractivity contribution in [3.8, 4) is 39.2 Å². The number of piperazine rings is 1. The Bertz CT molecular complexity index is 2660. The van der Waals surface area contributed by atoms with Crippen LogP contribution < -0.4 is 14.2 Å². The Balaban J connectivity index is 1.18. The third-order valence-corrected chi connectivity index (χ3v) is 12.2. The molecule has 4 heterocycles. The van der Waals surface area contributed by atoms with Crippen LogP contribution in [0.15, 0.2) is 120 Å². The Labute approximate surface area is 381 Å². The summed E-state index contributed by atoms with van der Waals surface area (Å²) in [6.07, 6.45) is 8.58. The van der Waals surface area contributed by atoms with Crippen molar-refractivity contribution in [1.82, 2.24) is 29.7 Å². The Kier molecular flexibility index (Phi) is 15.0. The molecule has 64 heavy (non-hydrogen) atoms. The number of halogens is 2. The van der Waals surface area contributed by atoms with Crippen LogP contribution in [0, 0.1) is 5.82 Å². The Morgan fingerprint density at radius 3 is 2.41 bits per heavy atom. The number of fused-ring (bicyclic) bond motifs is 1. The van der Waals surface area contributed by atoms with Gasteiger partial charge in [0, 0.05) is 61.3 Å². The minimum Gasteiger partial charge on any atom is -0.497 e. The van der Waals surface area contributed by atoms with Gasteiger partial charge in [0.2, 0.25) is 11.5 Å². The third kappa shape index (κ3) is 11.1. The number of rotatable bonds is 18. The Hall–Kier alpha value is -6.19. The van der Waals surface area contributed by atoms with E-state index in [1.807, 2.05) is 61.5 Å². The number of benzene rings is 3. The van der Waals surface area contributed by atoms with Gasteiger partial charge in [-0.15, -0.1) is 11.3 Å². The van der Waals surface area contributed by atoms with E-state index in [9.17, 15) is 14.3 Å². The van der Waals surface area contributed by atoms with Crippen LogP contribution in [0.4, 0.5) is 4.39 Å². The highest BCUT2D eigenvalue weighted by molar-refractivity contribution is 7.22. The van der Waals surface area contributed by atoms with E-state index in [-0.39, 0.29) is 24.7 Å². The van der Waals surface area contributed by atoms with E-state index < -0.39 is 11.6 Å². The SMILES string of the molecule is C/C=C(/C=C\C(OCCN1CCN(C)CC1)=C(/C)Cl)c1c(-c2ccc(F)cc2)sc2ncnc(OC(C)(Cc3ccccc3OCc3ccnc(-c4ccc(OC)cc4)n3)C(=O)O)c12. The summed E-state index contributed by atoms with van der Waals surface area (Å²) in [6.45, 7) is 10.5. The standard InChI is InChI=1S/C49H50ClFN6O6S/c1-6-33(15-20-40(32(2)50)61-28-27-57-25-23-56(4)24-26-57)42-43-46(53-31-54-47(43)64-44(42)34-11-16-37(51)17-12-34)63-49(3,48(58)59)29-36-9-7-8-10-41(36)62-30-38-21-22-52-45(55-38)35-13-18-39(60-5)19-14-35/h6-22,31H,23-30H2,1-5H3,(H,58,59)/b20-15-,33-6-,40-32-. The molecule has 0 saturated carbocycles. The van der Waals surface area contributed by atoms with Crippen LogP contribution in [0.3, 0.4) is 0 Å². The zero-order chi connectivity index (χ0) is 45.2. The lowest BCUT2D eigenvalue weighted by atomic mass is 9.95. The number of likely N-dealkylation sites (N-methyl/N-ethyl adjacent to an activating group) is 1. The van der Waals surface area contributed by atoms with E-state index in [0.29, 0.717) is 56.0 Å². The van der Waals surface area contributed by atoms with Crippen LogP contribution in [-0.4, -0.2) is 99.9 Å². The maximum Gasteiger partial charge on any atom is 0.348 e. The van der Waals surface area contributed by atoms with E-state index in [1.54, 1.807) is 50.6 Å². The number of para-hydroxylation sites is 1. The lowest BCUT2D eigenvalue weighted by Crippen LogP contribution is -2.45. The van der Waals surface area contributed by atoms with Crippen molar-refractivity contribution in [2.45, 2.75) is 39.4 Å². The fourth-order valence-electron chi connectivity index (χ4n) is 7.20. The second-order valence-corrected chi connectivity index (χ2v) is 17.0. The molecule has 6 aromatic rings. The van der Waals surface area contributed by atoms with Gasteiger partial charge >= 0.3 is 5.97 Å². The molecular weight excluding hydrogens is 855 g/mol. The summed E-state index contributed by atoms with van der Waals surface area (Å²) in [5.74, 6) is 0.725. The molecule has 332 valence electrons. The molecule has 1 aliphatic rings. The number of ether oxygens (including phenoxy) is 4. The average molecular weight is 905 g/mol. The zero-order valence-electron chi connectivity index (χ0n) is 36.4. The largest absolute Gasteiger partial charge is 0.497 e. The average Bonchev–Trinajstić information content (AvgIpc) is 3.69. The lowest BCUT2D eigenvalue weighted by Gasteiger charge is -2.32. The molecule has 15 heteroatoms. The first kappa shape index (κ1) is 45.8. The highest BCUT2D eigenvalue weighted by Gasteiger charge is 2.39. The monoisotopic (exact) mass is 904 g/mol. The van der Waals surface area contributed by atoms with E-state index >= 15 is 0 Å². The molecule has 1 fully saturated rings. The molecule has 0 radical (unpaired) electrons. The molecule has 3 aromatic carbocycles. The second-order valence-electron chi connectivity index (χ2n) is 15.5. The number of aliphatic carboxylic acids is 1. The molecular formula is C49H50ClFN6O6S. The number of carboxylic acids is 1. The van der Waals surface area contributed by atoms with Gasteiger partial charge in [-0.05, 0) is 99.1 Å². The van der Waals surface area contributed by atoms with E-state index in [1.165, 1.54) is 36.7 Å². The zero-order valence-corrected chi connectivity index (χ0v) is 38.0. The minimum atomic E-state index is -1.83. The molecule has 3 aromatic heterocycles. The van der Waals surface area contributed by atoms with Gasteiger partial charge in [-0.3, -0.25) is 4.90 Å². The lowest BCUT2D eigenvalue weighted by molar-refractivity contribution is -0.153. The first-order valence-electron chi connectivity index (χ1n) is 20.8. The summed E-state index contributed by atoms with van der Waals surface area (Å²) in [4.78, 5) is 37.6. The molecule has 0 aliphatic carbocycles. The predicted octanol–water partition coefficient (Wildman–Crippen LogP) is 9.70. The number of hydrogen-bond acceptors (Lipinski definition) is 12. The first-order valence-corrected chi connectivity index (χ1v) is 22.0. The van der Waals surface area contributed by atoms with Gasteiger partial charge in [-0.2, -0.15) is 0 Å². The molecule has 0 amide bonds. The number of aromatic nitrogens is 4. The highest BCUT2D eigenvalue weighted by Crippen LogP contribution is 2.46. The van der Waals surface area contributed by atoms with Gasteiger partial charge in [0.15, 0.2) is 5.82 Å². The van der Waals surface area contributed by atoms with Crippen LogP contribution in [0.5, 0.6) is 17.4 Å². The van der Waals surface area contributed by atoms with Crippen molar-refractivity contribution in [3.63, 3.8) is 0 Å². The predicted molar refractivity (Wildman–Crippen MR) is 249 cm³/mol. The molecule has 1 atom stereocenters. The van der Waals surface area contributed by atoms with Crippen molar-refractivity contribution in [2.75, 3.05) is 53.5 Å². The maximum absolute atomic E-state index is 14.3. The minimum absolute atomic E-state index is 0.0698. The van der Waals surface area contributed by atoms with Crippen molar-refractivity contribution < 1.29 is 33.2 Å². The fraction of sp³-hybridized carbons (Fsp3) is 0.286. The van der Waals surface area contributed by atoms with Crippen molar-refractivity contribution in [3.05, 3.63) is 143 Å². The van der Waals surface area contributed by atoms with E-state index in [4.69, 9.17) is 35.5 Å². The Morgan fingerprint density at radius 2 is 1.70 bits per heavy atom. The molecule has 0 spiro atoms. The van der Waals surface area contributed by atoms with Crippen LogP contribution >= 0.6 is 22.9 Å². The molecule has 7 rings (SSSR count). The number of nitrogens with zero attached hydrogens (tertiary/aromatic N) is 6. The van der Waals surface area contributed by atoms with E-state index in [0.717, 1.165) is 60.1 Å².